The molecule has 0 atom stereocenters. The molecule has 0 spiro atoms. The second-order valence-electron chi connectivity index (χ2n) is 5.82. The molecule has 0 saturated heterocycles. The monoisotopic (exact) mass is 270 g/mol. The predicted molar refractivity (Wildman–Crippen MR) is 80.0 cm³/mol. The molecule has 0 bridgehead atoms. The van der Waals surface area contributed by atoms with E-state index in [0.717, 1.165) is 30.1 Å². The molecule has 1 saturated carbocycles. The van der Waals surface area contributed by atoms with Gasteiger partial charge in [-0.25, -0.2) is 4.98 Å². The molecule has 1 aliphatic rings. The van der Waals surface area contributed by atoms with Crippen LogP contribution in [0.3, 0.4) is 0 Å². The van der Waals surface area contributed by atoms with Gasteiger partial charge < -0.3 is 5.73 Å². The molecular formula is C16H22N4. The highest BCUT2D eigenvalue weighted by Gasteiger charge is 2.33. The van der Waals surface area contributed by atoms with Crippen LogP contribution in [-0.4, -0.2) is 14.8 Å². The van der Waals surface area contributed by atoms with Crippen LogP contribution in [0.5, 0.6) is 0 Å². The molecule has 4 heteroatoms. The molecule has 0 radical (unpaired) electrons. The summed E-state index contributed by atoms with van der Waals surface area (Å²) in [6, 6.07) is 10.1. The smallest absolute Gasteiger partial charge is 0.181 e. The van der Waals surface area contributed by atoms with Crippen molar-refractivity contribution >= 4 is 0 Å². The molecule has 1 aliphatic carbocycles. The molecule has 4 nitrogen and oxygen atoms in total. The molecule has 3 rings (SSSR count). The largest absolute Gasteiger partial charge is 0.319 e. The third-order valence-corrected chi connectivity index (χ3v) is 4.24. The number of aromatic nitrogens is 3. The number of aryl methyl sites for hydroxylation is 1. The van der Waals surface area contributed by atoms with Gasteiger partial charge in [0.1, 0.15) is 5.82 Å². The highest BCUT2D eigenvalue weighted by Crippen LogP contribution is 2.33. The van der Waals surface area contributed by atoms with E-state index < -0.39 is 0 Å². The third kappa shape index (κ3) is 2.48. The van der Waals surface area contributed by atoms with Crippen LogP contribution in [0.4, 0.5) is 0 Å². The van der Waals surface area contributed by atoms with Gasteiger partial charge in [-0.15, -0.1) is 0 Å². The zero-order chi connectivity index (χ0) is 14.0. The highest BCUT2D eigenvalue weighted by molar-refractivity contribution is 5.54. The lowest BCUT2D eigenvalue weighted by molar-refractivity contribution is 0.348. The van der Waals surface area contributed by atoms with Crippen molar-refractivity contribution in [3.8, 4) is 11.4 Å². The van der Waals surface area contributed by atoms with Gasteiger partial charge in [-0.1, -0.05) is 56.0 Å². The van der Waals surface area contributed by atoms with E-state index >= 15 is 0 Å². The second-order valence-corrected chi connectivity index (χ2v) is 5.82. The summed E-state index contributed by atoms with van der Waals surface area (Å²) in [7, 11) is 1.95. The molecule has 1 aromatic carbocycles. The van der Waals surface area contributed by atoms with Gasteiger partial charge in [0.05, 0.1) is 5.54 Å². The molecule has 1 fully saturated rings. The summed E-state index contributed by atoms with van der Waals surface area (Å²) < 4.78 is 1.87. The van der Waals surface area contributed by atoms with Gasteiger partial charge in [0.2, 0.25) is 0 Å². The van der Waals surface area contributed by atoms with Gasteiger partial charge in [-0.05, 0) is 12.8 Å². The van der Waals surface area contributed by atoms with Gasteiger partial charge >= 0.3 is 0 Å². The average molecular weight is 270 g/mol. The fraction of sp³-hybridized carbons (Fsp3) is 0.500. The number of hydrogen-bond donors (Lipinski definition) is 1. The lowest BCUT2D eigenvalue weighted by atomic mass is 9.90. The van der Waals surface area contributed by atoms with Crippen LogP contribution in [0.15, 0.2) is 30.3 Å². The van der Waals surface area contributed by atoms with Crippen molar-refractivity contribution in [2.24, 2.45) is 12.8 Å². The van der Waals surface area contributed by atoms with Crippen molar-refractivity contribution in [1.82, 2.24) is 14.8 Å². The molecule has 1 aromatic heterocycles. The lowest BCUT2D eigenvalue weighted by Crippen LogP contribution is -2.38. The van der Waals surface area contributed by atoms with Crippen molar-refractivity contribution in [3.63, 3.8) is 0 Å². The maximum atomic E-state index is 6.65. The van der Waals surface area contributed by atoms with Crippen LogP contribution < -0.4 is 5.73 Å². The second kappa shape index (κ2) is 5.37. The Labute approximate surface area is 120 Å². The molecule has 0 amide bonds. The summed E-state index contributed by atoms with van der Waals surface area (Å²) in [5.41, 5.74) is 7.38. The summed E-state index contributed by atoms with van der Waals surface area (Å²) in [5, 5.41) is 4.56. The van der Waals surface area contributed by atoms with E-state index in [0.29, 0.717) is 0 Å². The summed E-state index contributed by atoms with van der Waals surface area (Å²) in [6.07, 6.45) is 6.94. The van der Waals surface area contributed by atoms with Gasteiger partial charge in [0, 0.05) is 12.6 Å². The fourth-order valence-corrected chi connectivity index (χ4v) is 3.11. The Bertz CT molecular complexity index is 565. The van der Waals surface area contributed by atoms with Crippen LogP contribution in [0.25, 0.3) is 11.4 Å². The van der Waals surface area contributed by atoms with Gasteiger partial charge in [-0.3, -0.25) is 4.68 Å². The quantitative estimate of drug-likeness (QED) is 0.853. The van der Waals surface area contributed by atoms with Crippen molar-refractivity contribution < 1.29 is 0 Å². The summed E-state index contributed by atoms with van der Waals surface area (Å²) >= 11 is 0. The minimum atomic E-state index is -0.314. The molecule has 1 heterocycles. The summed E-state index contributed by atoms with van der Waals surface area (Å²) in [5.74, 6) is 1.70. The van der Waals surface area contributed by atoms with Crippen LogP contribution >= 0.6 is 0 Å². The SMILES string of the molecule is Cn1nc(-c2ccccc2)nc1C1(N)CCCCCC1. The van der Waals surface area contributed by atoms with E-state index in [-0.39, 0.29) is 5.54 Å². The number of hydrogen-bond acceptors (Lipinski definition) is 3. The Morgan fingerprint density at radius 2 is 1.70 bits per heavy atom. The first-order valence-electron chi connectivity index (χ1n) is 7.45. The molecule has 0 unspecified atom stereocenters. The molecule has 2 N–H and O–H groups in total. The Hall–Kier alpha value is -1.68. The first kappa shape index (κ1) is 13.3. The van der Waals surface area contributed by atoms with E-state index in [1.807, 2.05) is 42.1 Å². The Kier molecular flexibility index (Phi) is 3.57. The normalized spacial score (nSPS) is 18.7. The highest BCUT2D eigenvalue weighted by atomic mass is 15.3. The third-order valence-electron chi connectivity index (χ3n) is 4.24. The summed E-state index contributed by atoms with van der Waals surface area (Å²) in [6.45, 7) is 0. The number of nitrogens with zero attached hydrogens (tertiary/aromatic N) is 3. The number of nitrogens with two attached hydrogens (primary N) is 1. The van der Waals surface area contributed by atoms with Gasteiger partial charge in [0.25, 0.3) is 0 Å². The van der Waals surface area contributed by atoms with Crippen molar-refractivity contribution in [2.75, 3.05) is 0 Å². The minimum Gasteiger partial charge on any atom is -0.319 e. The van der Waals surface area contributed by atoms with E-state index in [2.05, 4.69) is 5.10 Å². The molecule has 106 valence electrons. The Balaban J connectivity index is 1.96. The molecule has 2 aromatic rings. The van der Waals surface area contributed by atoms with Crippen molar-refractivity contribution in [1.29, 1.82) is 0 Å². The standard InChI is InChI=1S/C16H22N4/c1-20-15(16(17)11-7-2-3-8-12-16)18-14(19-20)13-9-5-4-6-10-13/h4-6,9-10H,2-3,7-8,11-12,17H2,1H3. The average Bonchev–Trinajstić information content (AvgIpc) is 2.73. The van der Waals surface area contributed by atoms with E-state index in [1.54, 1.807) is 0 Å². The zero-order valence-electron chi connectivity index (χ0n) is 12.0. The van der Waals surface area contributed by atoms with Crippen LogP contribution in [0.1, 0.15) is 44.3 Å². The van der Waals surface area contributed by atoms with E-state index in [4.69, 9.17) is 10.7 Å². The molecule has 0 aliphatic heterocycles. The zero-order valence-corrected chi connectivity index (χ0v) is 12.0. The van der Waals surface area contributed by atoms with Crippen LogP contribution in [0, 0.1) is 0 Å². The van der Waals surface area contributed by atoms with Crippen molar-refractivity contribution in [2.45, 2.75) is 44.1 Å². The van der Waals surface area contributed by atoms with Crippen LogP contribution in [-0.2, 0) is 12.6 Å². The van der Waals surface area contributed by atoms with Gasteiger partial charge in [-0.2, -0.15) is 5.10 Å². The summed E-state index contributed by atoms with van der Waals surface area (Å²) in [4.78, 5) is 4.74. The Morgan fingerprint density at radius 1 is 1.05 bits per heavy atom. The van der Waals surface area contributed by atoms with Crippen LogP contribution in [0.2, 0.25) is 0 Å². The topological polar surface area (TPSA) is 56.7 Å². The Morgan fingerprint density at radius 3 is 2.35 bits per heavy atom. The predicted octanol–water partition coefficient (Wildman–Crippen LogP) is 2.99. The minimum absolute atomic E-state index is 0.314. The molecule has 20 heavy (non-hydrogen) atoms. The van der Waals surface area contributed by atoms with E-state index in [1.165, 1.54) is 25.7 Å². The number of benzene rings is 1. The van der Waals surface area contributed by atoms with Gasteiger partial charge in [0.15, 0.2) is 5.82 Å². The first-order valence-corrected chi connectivity index (χ1v) is 7.45. The molecular weight excluding hydrogens is 248 g/mol. The van der Waals surface area contributed by atoms with Crippen molar-refractivity contribution in [3.05, 3.63) is 36.2 Å². The lowest BCUT2D eigenvalue weighted by Gasteiger charge is -2.26. The maximum Gasteiger partial charge on any atom is 0.181 e. The maximum absolute atomic E-state index is 6.65. The first-order chi connectivity index (χ1) is 9.69. The number of rotatable bonds is 2. The fourth-order valence-electron chi connectivity index (χ4n) is 3.11. The van der Waals surface area contributed by atoms with E-state index in [9.17, 15) is 0 Å².